The number of aliphatic hydroxyl groups is 2. The standard InChI is InChI=1S/C25H41ClN2O6S/c1-18(8-10-22(30)17-20(26)11-15-29)23-6-4-13-25(23)12-3-5-21(28-25)9-7-19(2)24(31)27-14-16-35(32,33)34/h7-8,10,17-18,21-23,28-30H,3-6,9,11-16H2,1-2H3,(H,27,31)(H,32,33,34)/b10-8+,19-7+,20-17-/t18-,21-,22?,23-,25-/m1/s1. The highest BCUT2D eigenvalue weighted by atomic mass is 35.5. The number of nitrogens with one attached hydrogen (secondary N) is 2. The Labute approximate surface area is 214 Å². The van der Waals surface area contributed by atoms with Crippen LogP contribution in [0.15, 0.2) is 34.9 Å². The van der Waals surface area contributed by atoms with Crippen LogP contribution < -0.4 is 10.6 Å². The maximum atomic E-state index is 12.2. The first-order valence-corrected chi connectivity index (χ1v) is 14.5. The lowest BCUT2D eigenvalue weighted by Gasteiger charge is -2.45. The molecular weight excluding hydrogens is 492 g/mol. The predicted octanol–water partition coefficient (Wildman–Crippen LogP) is 3.07. The minimum absolute atomic E-state index is 0.0431. The molecule has 2 rings (SSSR count). The van der Waals surface area contributed by atoms with Crippen LogP contribution in [0.2, 0.25) is 0 Å². The summed E-state index contributed by atoms with van der Waals surface area (Å²) in [6.07, 6.45) is 14.2. The predicted molar refractivity (Wildman–Crippen MR) is 139 cm³/mol. The summed E-state index contributed by atoms with van der Waals surface area (Å²) in [5.74, 6) is -0.118. The second-order valence-electron chi connectivity index (χ2n) is 9.87. The average molecular weight is 533 g/mol. The largest absolute Gasteiger partial charge is 0.396 e. The molecular formula is C25H41ClN2O6S. The fraction of sp³-hybridized carbons (Fsp3) is 0.720. The Morgan fingerprint density at radius 3 is 2.60 bits per heavy atom. The summed E-state index contributed by atoms with van der Waals surface area (Å²) < 4.78 is 30.4. The summed E-state index contributed by atoms with van der Waals surface area (Å²) in [5.41, 5.74) is 0.574. The molecule has 2 aliphatic rings. The summed E-state index contributed by atoms with van der Waals surface area (Å²) in [6.45, 7) is 3.72. The van der Waals surface area contributed by atoms with E-state index in [-0.39, 0.29) is 36.6 Å². The van der Waals surface area contributed by atoms with Gasteiger partial charge in [-0.25, -0.2) is 0 Å². The molecule has 200 valence electrons. The molecule has 1 unspecified atom stereocenters. The van der Waals surface area contributed by atoms with Gasteiger partial charge in [0.2, 0.25) is 5.91 Å². The molecule has 0 bridgehead atoms. The third-order valence-electron chi connectivity index (χ3n) is 7.18. The van der Waals surface area contributed by atoms with E-state index in [2.05, 4.69) is 23.6 Å². The SMILES string of the molecule is C/C(=C\C[C@H]1CCC[C@]2(CCC[C@@H]2[C@H](C)/C=C/C(O)/C=C(\Cl)CCO)N1)C(=O)NCCS(=O)(=O)O. The minimum Gasteiger partial charge on any atom is -0.396 e. The molecule has 0 aromatic heterocycles. The van der Waals surface area contributed by atoms with Crippen LogP contribution in [-0.2, 0) is 14.9 Å². The minimum atomic E-state index is -4.10. The Bertz CT molecular complexity index is 904. The fourth-order valence-electron chi connectivity index (χ4n) is 5.45. The quantitative estimate of drug-likeness (QED) is 0.148. The highest BCUT2D eigenvalue weighted by Gasteiger charge is 2.46. The number of hydrogen-bond acceptors (Lipinski definition) is 6. The Morgan fingerprint density at radius 1 is 1.26 bits per heavy atom. The van der Waals surface area contributed by atoms with Gasteiger partial charge in [0, 0.05) is 41.8 Å². The van der Waals surface area contributed by atoms with Gasteiger partial charge in [0.1, 0.15) is 0 Å². The highest BCUT2D eigenvalue weighted by molar-refractivity contribution is 7.85. The molecule has 5 atom stereocenters. The zero-order chi connectivity index (χ0) is 26.1. The van der Waals surface area contributed by atoms with E-state index in [1.807, 2.05) is 6.08 Å². The molecule has 1 heterocycles. The summed E-state index contributed by atoms with van der Waals surface area (Å²) in [4.78, 5) is 12.2. The van der Waals surface area contributed by atoms with E-state index < -0.39 is 22.0 Å². The lowest BCUT2D eigenvalue weighted by molar-refractivity contribution is -0.117. The van der Waals surface area contributed by atoms with E-state index in [0.717, 1.165) is 38.5 Å². The number of aliphatic hydroxyl groups excluding tert-OH is 2. The van der Waals surface area contributed by atoms with Crippen molar-refractivity contribution in [2.45, 2.75) is 82.9 Å². The monoisotopic (exact) mass is 532 g/mol. The maximum Gasteiger partial charge on any atom is 0.266 e. The Hall–Kier alpha value is -1.23. The van der Waals surface area contributed by atoms with Crippen LogP contribution in [0.4, 0.5) is 0 Å². The van der Waals surface area contributed by atoms with Crippen LogP contribution in [0.5, 0.6) is 0 Å². The molecule has 1 saturated carbocycles. The van der Waals surface area contributed by atoms with Gasteiger partial charge in [-0.15, -0.1) is 0 Å². The van der Waals surface area contributed by atoms with Gasteiger partial charge < -0.3 is 20.8 Å². The van der Waals surface area contributed by atoms with E-state index in [9.17, 15) is 18.3 Å². The molecule has 2 fully saturated rings. The molecule has 8 nitrogen and oxygen atoms in total. The van der Waals surface area contributed by atoms with Crippen molar-refractivity contribution in [1.29, 1.82) is 0 Å². The topological polar surface area (TPSA) is 136 Å². The van der Waals surface area contributed by atoms with Crippen LogP contribution >= 0.6 is 11.6 Å². The number of amides is 1. The molecule has 1 aliphatic heterocycles. The number of rotatable bonds is 12. The van der Waals surface area contributed by atoms with E-state index in [1.54, 1.807) is 19.1 Å². The van der Waals surface area contributed by atoms with Crippen molar-refractivity contribution in [3.05, 3.63) is 34.9 Å². The highest BCUT2D eigenvalue weighted by Crippen LogP contribution is 2.46. The molecule has 0 aromatic carbocycles. The summed E-state index contributed by atoms with van der Waals surface area (Å²) in [5, 5.41) is 26.0. The summed E-state index contributed by atoms with van der Waals surface area (Å²) in [7, 11) is -4.10. The third kappa shape index (κ3) is 9.98. The lowest BCUT2D eigenvalue weighted by atomic mass is 9.72. The van der Waals surface area contributed by atoms with Crippen molar-refractivity contribution < 1.29 is 28.0 Å². The van der Waals surface area contributed by atoms with Gasteiger partial charge in [-0.1, -0.05) is 49.6 Å². The molecule has 1 saturated heterocycles. The summed E-state index contributed by atoms with van der Waals surface area (Å²) >= 11 is 6.00. The van der Waals surface area contributed by atoms with E-state index in [1.165, 1.54) is 0 Å². The van der Waals surface area contributed by atoms with Crippen LogP contribution in [0.1, 0.15) is 65.2 Å². The number of halogens is 1. The zero-order valence-corrected chi connectivity index (χ0v) is 22.3. The van der Waals surface area contributed by atoms with Crippen molar-refractivity contribution in [3.8, 4) is 0 Å². The maximum absolute atomic E-state index is 12.2. The van der Waals surface area contributed by atoms with Crippen molar-refractivity contribution >= 4 is 27.6 Å². The van der Waals surface area contributed by atoms with E-state index in [4.69, 9.17) is 21.3 Å². The van der Waals surface area contributed by atoms with Gasteiger partial charge in [0.15, 0.2) is 0 Å². The van der Waals surface area contributed by atoms with E-state index in [0.29, 0.717) is 29.4 Å². The smallest absolute Gasteiger partial charge is 0.266 e. The second kappa shape index (κ2) is 13.9. The average Bonchev–Trinajstić information content (AvgIpc) is 3.17. The number of carbonyl (C=O) groups is 1. The molecule has 5 N–H and O–H groups in total. The van der Waals surface area contributed by atoms with Gasteiger partial charge in [0.05, 0.1) is 11.9 Å². The van der Waals surface area contributed by atoms with Crippen molar-refractivity contribution in [1.82, 2.24) is 10.6 Å². The number of hydrogen-bond donors (Lipinski definition) is 5. The van der Waals surface area contributed by atoms with Gasteiger partial charge in [-0.05, 0) is 56.9 Å². The van der Waals surface area contributed by atoms with Gasteiger partial charge in [0.25, 0.3) is 10.1 Å². The Morgan fingerprint density at radius 2 is 1.94 bits per heavy atom. The number of allylic oxidation sites excluding steroid dienone is 1. The Balaban J connectivity index is 1.95. The van der Waals surface area contributed by atoms with Gasteiger partial charge >= 0.3 is 0 Å². The number of carbonyl (C=O) groups excluding carboxylic acids is 1. The third-order valence-corrected chi connectivity index (χ3v) is 8.21. The number of piperidine rings is 1. The van der Waals surface area contributed by atoms with Crippen molar-refractivity contribution in [2.75, 3.05) is 18.9 Å². The molecule has 1 amide bonds. The molecule has 1 spiro atoms. The first kappa shape index (κ1) is 30.0. The summed E-state index contributed by atoms with van der Waals surface area (Å²) in [6, 6.07) is 0.256. The Kier molecular flexibility index (Phi) is 11.9. The van der Waals surface area contributed by atoms with Crippen LogP contribution in [-0.4, -0.2) is 65.7 Å². The molecule has 1 aliphatic carbocycles. The molecule has 35 heavy (non-hydrogen) atoms. The van der Waals surface area contributed by atoms with Crippen molar-refractivity contribution in [2.24, 2.45) is 11.8 Å². The molecule has 10 heteroatoms. The van der Waals surface area contributed by atoms with Gasteiger partial charge in [-0.2, -0.15) is 8.42 Å². The first-order valence-electron chi connectivity index (χ1n) is 12.5. The van der Waals surface area contributed by atoms with Gasteiger partial charge in [-0.3, -0.25) is 9.35 Å². The normalized spacial score (nSPS) is 27.9. The lowest BCUT2D eigenvalue weighted by Crippen LogP contribution is -2.56. The van der Waals surface area contributed by atoms with Crippen LogP contribution in [0.25, 0.3) is 0 Å². The van der Waals surface area contributed by atoms with Crippen molar-refractivity contribution in [3.63, 3.8) is 0 Å². The fourth-order valence-corrected chi connectivity index (χ4v) is 6.02. The molecule has 0 radical (unpaired) electrons. The van der Waals surface area contributed by atoms with E-state index >= 15 is 0 Å². The first-order chi connectivity index (χ1) is 16.5. The zero-order valence-electron chi connectivity index (χ0n) is 20.7. The van der Waals surface area contributed by atoms with Crippen LogP contribution in [0.3, 0.4) is 0 Å². The molecule has 0 aromatic rings. The van der Waals surface area contributed by atoms with Crippen LogP contribution in [0, 0.1) is 11.8 Å². The second-order valence-corrected chi connectivity index (χ2v) is 11.9.